The van der Waals surface area contributed by atoms with Crippen LogP contribution in [0.25, 0.3) is 11.4 Å². The highest BCUT2D eigenvalue weighted by Gasteiger charge is 2.28. The van der Waals surface area contributed by atoms with E-state index in [1.807, 2.05) is 24.5 Å². The van der Waals surface area contributed by atoms with Crippen molar-refractivity contribution in [3.63, 3.8) is 0 Å². The molecule has 0 bridgehead atoms. The Kier molecular flexibility index (Phi) is 4.60. The number of rotatable bonds is 3. The first-order chi connectivity index (χ1) is 13.0. The molecule has 0 spiro atoms. The second kappa shape index (κ2) is 6.93. The Morgan fingerprint density at radius 3 is 2.67 bits per heavy atom. The molecular weight excluding hydrogens is 358 g/mol. The van der Waals surface area contributed by atoms with Crippen LogP contribution in [0.2, 0.25) is 0 Å². The van der Waals surface area contributed by atoms with Crippen LogP contribution in [0.5, 0.6) is 11.5 Å². The second-order valence-corrected chi connectivity index (χ2v) is 7.78. The molecule has 1 unspecified atom stereocenters. The first-order valence-electron chi connectivity index (χ1n) is 9.25. The van der Waals surface area contributed by atoms with Crippen LogP contribution < -0.4 is 0 Å². The summed E-state index contributed by atoms with van der Waals surface area (Å²) in [6.07, 6.45) is 3.10. The van der Waals surface area contributed by atoms with Gasteiger partial charge in [-0.3, -0.25) is 4.57 Å². The molecule has 1 atom stereocenters. The first kappa shape index (κ1) is 17.9. The molecule has 3 aromatic rings. The van der Waals surface area contributed by atoms with Crippen LogP contribution in [0, 0.1) is 0 Å². The van der Waals surface area contributed by atoms with E-state index < -0.39 is 0 Å². The topological polar surface area (TPSA) is 71.2 Å². The minimum Gasteiger partial charge on any atom is -0.508 e. The largest absolute Gasteiger partial charge is 0.508 e. The van der Waals surface area contributed by atoms with Crippen LogP contribution >= 0.6 is 12.6 Å². The molecule has 1 aliphatic rings. The Bertz CT molecular complexity index is 997. The zero-order valence-corrected chi connectivity index (χ0v) is 16.3. The van der Waals surface area contributed by atoms with Gasteiger partial charge in [-0.05, 0) is 47.9 Å². The van der Waals surface area contributed by atoms with Crippen molar-refractivity contribution < 1.29 is 10.2 Å². The number of fused-ring (bicyclic) bond motifs is 1. The van der Waals surface area contributed by atoms with E-state index >= 15 is 0 Å². The molecule has 0 aliphatic heterocycles. The molecule has 4 rings (SSSR count). The van der Waals surface area contributed by atoms with Gasteiger partial charge in [-0.15, -0.1) is 22.8 Å². The zero-order valence-electron chi connectivity index (χ0n) is 15.4. The molecule has 1 heterocycles. The van der Waals surface area contributed by atoms with Crippen LogP contribution in [-0.2, 0) is 6.42 Å². The quantitative estimate of drug-likeness (QED) is 0.576. The number of phenolic OH excluding ortho intramolecular Hbond substituents is 2. The van der Waals surface area contributed by atoms with E-state index in [1.165, 1.54) is 17.2 Å². The van der Waals surface area contributed by atoms with E-state index in [0.717, 1.165) is 24.8 Å². The van der Waals surface area contributed by atoms with E-state index in [-0.39, 0.29) is 23.5 Å². The highest BCUT2D eigenvalue weighted by molar-refractivity contribution is 7.80. The molecule has 0 saturated heterocycles. The SMILES string of the molecule is CC(C)c1cc(-c2nnc(S)n2C2CCCc3ccccc32)c(O)cc1O. The van der Waals surface area contributed by atoms with E-state index in [1.54, 1.807) is 6.07 Å². The lowest BCUT2D eigenvalue weighted by Gasteiger charge is -2.28. The van der Waals surface area contributed by atoms with Gasteiger partial charge in [0.25, 0.3) is 0 Å². The summed E-state index contributed by atoms with van der Waals surface area (Å²) in [5.41, 5.74) is 3.91. The van der Waals surface area contributed by atoms with E-state index in [2.05, 4.69) is 41.0 Å². The molecule has 6 heteroatoms. The van der Waals surface area contributed by atoms with Crippen molar-refractivity contribution in [2.75, 3.05) is 0 Å². The first-order valence-corrected chi connectivity index (χ1v) is 9.70. The standard InChI is InChI=1S/C21H23N3O2S/c1-12(2)15-10-16(19(26)11-18(15)25)20-22-23-21(27)24(20)17-9-5-7-13-6-3-4-8-14(13)17/h3-4,6,8,10-12,17,25-26H,5,7,9H2,1-2H3,(H,23,27). The van der Waals surface area contributed by atoms with Crippen LogP contribution in [-0.4, -0.2) is 25.0 Å². The lowest BCUT2D eigenvalue weighted by Crippen LogP contribution is -2.18. The van der Waals surface area contributed by atoms with Gasteiger partial charge < -0.3 is 10.2 Å². The maximum atomic E-state index is 10.5. The number of thiol groups is 1. The van der Waals surface area contributed by atoms with Crippen molar-refractivity contribution in [3.8, 4) is 22.9 Å². The van der Waals surface area contributed by atoms with Gasteiger partial charge in [0.1, 0.15) is 11.5 Å². The van der Waals surface area contributed by atoms with E-state index in [9.17, 15) is 10.2 Å². The smallest absolute Gasteiger partial charge is 0.188 e. The highest BCUT2D eigenvalue weighted by atomic mass is 32.1. The van der Waals surface area contributed by atoms with Crippen LogP contribution in [0.15, 0.2) is 41.6 Å². The van der Waals surface area contributed by atoms with Crippen molar-refractivity contribution >= 4 is 12.6 Å². The maximum Gasteiger partial charge on any atom is 0.188 e. The fourth-order valence-corrected chi connectivity index (χ4v) is 4.26. The summed E-state index contributed by atoms with van der Waals surface area (Å²) < 4.78 is 2.00. The fraction of sp³-hybridized carbons (Fsp3) is 0.333. The lowest BCUT2D eigenvalue weighted by atomic mass is 9.87. The Labute approximate surface area is 164 Å². The predicted molar refractivity (Wildman–Crippen MR) is 108 cm³/mol. The summed E-state index contributed by atoms with van der Waals surface area (Å²) in [4.78, 5) is 0. The van der Waals surface area contributed by atoms with Gasteiger partial charge in [-0.1, -0.05) is 38.1 Å². The minimum absolute atomic E-state index is 0.0111. The minimum atomic E-state index is -0.0111. The molecule has 2 N–H and O–H groups in total. The Hall–Kier alpha value is -2.47. The Morgan fingerprint density at radius 2 is 1.89 bits per heavy atom. The van der Waals surface area contributed by atoms with Crippen molar-refractivity contribution in [2.24, 2.45) is 0 Å². The van der Waals surface area contributed by atoms with Crippen molar-refractivity contribution in [2.45, 2.75) is 50.2 Å². The zero-order chi connectivity index (χ0) is 19.1. The van der Waals surface area contributed by atoms with Crippen molar-refractivity contribution in [1.82, 2.24) is 14.8 Å². The summed E-state index contributed by atoms with van der Waals surface area (Å²) >= 11 is 4.55. The summed E-state index contributed by atoms with van der Waals surface area (Å²) in [5.74, 6) is 0.766. The van der Waals surface area contributed by atoms with Gasteiger partial charge in [0, 0.05) is 6.07 Å². The van der Waals surface area contributed by atoms with Gasteiger partial charge in [-0.25, -0.2) is 0 Å². The van der Waals surface area contributed by atoms with Crippen LogP contribution in [0.4, 0.5) is 0 Å². The number of aromatic hydroxyl groups is 2. The average molecular weight is 382 g/mol. The van der Waals surface area contributed by atoms with Crippen LogP contribution in [0.3, 0.4) is 0 Å². The molecule has 1 aromatic heterocycles. The Balaban J connectivity index is 1.89. The van der Waals surface area contributed by atoms with Crippen LogP contribution in [0.1, 0.15) is 55.3 Å². The molecule has 2 aromatic carbocycles. The van der Waals surface area contributed by atoms with Gasteiger partial charge in [-0.2, -0.15) is 0 Å². The number of hydrogen-bond acceptors (Lipinski definition) is 5. The molecule has 0 amide bonds. The van der Waals surface area contributed by atoms with Gasteiger partial charge in [0.05, 0.1) is 11.6 Å². The summed E-state index contributed by atoms with van der Waals surface area (Å²) in [7, 11) is 0. The van der Waals surface area contributed by atoms with Gasteiger partial charge in [0.15, 0.2) is 11.0 Å². The summed E-state index contributed by atoms with van der Waals surface area (Å²) in [6.45, 7) is 4.00. The highest BCUT2D eigenvalue weighted by Crippen LogP contribution is 2.41. The molecule has 27 heavy (non-hydrogen) atoms. The molecular formula is C21H23N3O2S. The molecule has 140 valence electrons. The Morgan fingerprint density at radius 1 is 1.11 bits per heavy atom. The van der Waals surface area contributed by atoms with Gasteiger partial charge in [0.2, 0.25) is 0 Å². The lowest BCUT2D eigenvalue weighted by molar-refractivity contribution is 0.442. The molecule has 0 saturated carbocycles. The van der Waals surface area contributed by atoms with Crippen molar-refractivity contribution in [3.05, 3.63) is 53.1 Å². The molecule has 5 nitrogen and oxygen atoms in total. The van der Waals surface area contributed by atoms with Crippen molar-refractivity contribution in [1.29, 1.82) is 0 Å². The average Bonchev–Trinajstić information content (AvgIpc) is 3.02. The summed E-state index contributed by atoms with van der Waals surface area (Å²) in [6, 6.07) is 11.7. The second-order valence-electron chi connectivity index (χ2n) is 7.38. The number of aryl methyl sites for hydroxylation is 1. The number of nitrogens with zero attached hydrogens (tertiary/aromatic N) is 3. The third-order valence-corrected chi connectivity index (χ3v) is 5.64. The number of hydrogen-bond donors (Lipinski definition) is 3. The number of benzene rings is 2. The summed E-state index contributed by atoms with van der Waals surface area (Å²) in [5, 5.41) is 29.7. The van der Waals surface area contributed by atoms with E-state index in [0.29, 0.717) is 16.5 Å². The monoisotopic (exact) mass is 381 g/mol. The van der Waals surface area contributed by atoms with E-state index in [4.69, 9.17) is 0 Å². The normalized spacial score (nSPS) is 16.5. The molecule has 1 aliphatic carbocycles. The number of phenols is 2. The number of aromatic nitrogens is 3. The van der Waals surface area contributed by atoms with Gasteiger partial charge >= 0.3 is 0 Å². The third-order valence-electron chi connectivity index (χ3n) is 5.34. The predicted octanol–water partition coefficient (Wildman–Crippen LogP) is 4.69. The maximum absolute atomic E-state index is 10.5. The molecule has 0 fully saturated rings. The third kappa shape index (κ3) is 3.08. The fourth-order valence-electron chi connectivity index (χ4n) is 3.99. The molecule has 0 radical (unpaired) electrons.